The lowest BCUT2D eigenvalue weighted by Gasteiger charge is -2.25. The maximum Gasteiger partial charge on any atom is 0.306 e. The molecule has 4 aromatic rings. The SMILES string of the molecule is CCOC(=O)C[C@@H](c1ccc(C)c(CN2Cc3ncccc3O[C@H](CC)C2)c1)c1ccc2c(nnn2C)c1C. The number of nitrogens with zero attached hydrogens (tertiary/aromatic N) is 5. The van der Waals surface area contributed by atoms with Gasteiger partial charge in [0.05, 0.1) is 24.2 Å². The van der Waals surface area contributed by atoms with Gasteiger partial charge in [0.2, 0.25) is 0 Å². The van der Waals surface area contributed by atoms with E-state index in [0.29, 0.717) is 6.61 Å². The zero-order chi connectivity index (χ0) is 27.5. The molecule has 1 aliphatic heterocycles. The molecule has 8 nitrogen and oxygen atoms in total. The highest BCUT2D eigenvalue weighted by molar-refractivity contribution is 5.80. The number of fused-ring (bicyclic) bond motifs is 2. The lowest BCUT2D eigenvalue weighted by molar-refractivity contribution is -0.143. The molecule has 0 saturated heterocycles. The van der Waals surface area contributed by atoms with Crippen molar-refractivity contribution in [3.63, 3.8) is 0 Å². The molecule has 0 bridgehead atoms. The van der Waals surface area contributed by atoms with Crippen LogP contribution in [0.2, 0.25) is 0 Å². The van der Waals surface area contributed by atoms with Gasteiger partial charge in [0, 0.05) is 38.8 Å². The van der Waals surface area contributed by atoms with Crippen LogP contribution in [0, 0.1) is 13.8 Å². The molecule has 0 spiro atoms. The maximum atomic E-state index is 12.8. The number of aromatic nitrogens is 4. The first-order valence-electron chi connectivity index (χ1n) is 13.7. The summed E-state index contributed by atoms with van der Waals surface area (Å²) in [7, 11) is 1.89. The Balaban J connectivity index is 1.50. The fourth-order valence-electron chi connectivity index (χ4n) is 5.50. The number of rotatable bonds is 8. The summed E-state index contributed by atoms with van der Waals surface area (Å²) in [5, 5.41) is 8.60. The molecule has 0 N–H and O–H groups in total. The molecule has 3 heterocycles. The minimum atomic E-state index is -0.207. The molecule has 5 rings (SSSR count). The predicted octanol–water partition coefficient (Wildman–Crippen LogP) is 5.24. The lowest BCUT2D eigenvalue weighted by atomic mass is 9.84. The molecule has 1 aliphatic rings. The van der Waals surface area contributed by atoms with Gasteiger partial charge in [0.15, 0.2) is 0 Å². The topological polar surface area (TPSA) is 82.4 Å². The third-order valence-electron chi connectivity index (χ3n) is 7.73. The first-order valence-corrected chi connectivity index (χ1v) is 13.7. The summed E-state index contributed by atoms with van der Waals surface area (Å²) >= 11 is 0. The van der Waals surface area contributed by atoms with Crippen molar-refractivity contribution in [2.45, 2.75) is 65.6 Å². The van der Waals surface area contributed by atoms with E-state index in [1.165, 1.54) is 11.1 Å². The van der Waals surface area contributed by atoms with Crippen molar-refractivity contribution in [2.75, 3.05) is 13.2 Å². The van der Waals surface area contributed by atoms with Crippen LogP contribution in [0.1, 0.15) is 66.1 Å². The second kappa shape index (κ2) is 11.5. The molecule has 0 saturated carbocycles. The Bertz CT molecular complexity index is 1480. The molecule has 39 heavy (non-hydrogen) atoms. The third-order valence-corrected chi connectivity index (χ3v) is 7.73. The van der Waals surface area contributed by atoms with Gasteiger partial charge in [-0.2, -0.15) is 0 Å². The van der Waals surface area contributed by atoms with E-state index in [9.17, 15) is 4.79 Å². The zero-order valence-electron chi connectivity index (χ0n) is 23.5. The van der Waals surface area contributed by atoms with Crippen LogP contribution in [0.15, 0.2) is 48.7 Å². The summed E-state index contributed by atoms with van der Waals surface area (Å²) in [6.07, 6.45) is 3.12. The predicted molar refractivity (Wildman–Crippen MR) is 151 cm³/mol. The molecule has 204 valence electrons. The fourth-order valence-corrected chi connectivity index (χ4v) is 5.50. The molecule has 0 radical (unpaired) electrons. The monoisotopic (exact) mass is 527 g/mol. The third kappa shape index (κ3) is 5.66. The molecule has 2 aromatic carbocycles. The number of carbonyl (C=O) groups is 1. The van der Waals surface area contributed by atoms with Crippen LogP contribution in [0.3, 0.4) is 0 Å². The van der Waals surface area contributed by atoms with E-state index < -0.39 is 0 Å². The zero-order valence-corrected chi connectivity index (χ0v) is 23.5. The summed E-state index contributed by atoms with van der Waals surface area (Å²) < 4.78 is 13.4. The van der Waals surface area contributed by atoms with E-state index in [1.54, 1.807) is 4.68 Å². The van der Waals surface area contributed by atoms with E-state index in [-0.39, 0.29) is 24.4 Å². The Hall–Kier alpha value is -3.78. The highest BCUT2D eigenvalue weighted by Crippen LogP contribution is 2.35. The first-order chi connectivity index (χ1) is 18.9. The molecule has 0 aliphatic carbocycles. The van der Waals surface area contributed by atoms with Crippen molar-refractivity contribution in [1.29, 1.82) is 0 Å². The van der Waals surface area contributed by atoms with E-state index in [4.69, 9.17) is 9.47 Å². The van der Waals surface area contributed by atoms with Crippen molar-refractivity contribution < 1.29 is 14.3 Å². The number of pyridine rings is 1. The summed E-state index contributed by atoms with van der Waals surface area (Å²) in [5.41, 5.74) is 8.44. The molecule has 0 amide bonds. The van der Waals surface area contributed by atoms with Crippen molar-refractivity contribution >= 4 is 17.0 Å². The Morgan fingerprint density at radius 2 is 2.03 bits per heavy atom. The van der Waals surface area contributed by atoms with Crippen LogP contribution >= 0.6 is 0 Å². The Kier molecular flexibility index (Phi) is 7.93. The van der Waals surface area contributed by atoms with Gasteiger partial charge in [-0.05, 0) is 73.2 Å². The second-order valence-corrected chi connectivity index (χ2v) is 10.4. The van der Waals surface area contributed by atoms with E-state index in [2.05, 4.69) is 65.2 Å². The number of hydrogen-bond acceptors (Lipinski definition) is 7. The lowest BCUT2D eigenvalue weighted by Crippen LogP contribution is -2.32. The van der Waals surface area contributed by atoms with Crippen molar-refractivity contribution in [3.8, 4) is 5.75 Å². The van der Waals surface area contributed by atoms with Crippen LogP contribution < -0.4 is 4.74 Å². The van der Waals surface area contributed by atoms with Gasteiger partial charge >= 0.3 is 5.97 Å². The standard InChI is InChI=1S/C31H37N5O3/c1-6-24-18-36(19-27-29(39-24)9-8-14-32-27)17-23-15-22(11-10-20(23)3)26(16-30(37)38-7-2)25-12-13-28-31(21(25)4)33-34-35(28)5/h8-15,24,26H,6-7,16-19H2,1-5H3/t24-,26+/m1/s1. The highest BCUT2D eigenvalue weighted by atomic mass is 16.5. The van der Waals surface area contributed by atoms with Gasteiger partial charge in [-0.25, -0.2) is 4.68 Å². The minimum absolute atomic E-state index is 0.108. The van der Waals surface area contributed by atoms with E-state index in [1.807, 2.05) is 38.4 Å². The molecule has 2 aromatic heterocycles. The average Bonchev–Trinajstić information content (AvgIpc) is 3.20. The minimum Gasteiger partial charge on any atom is -0.487 e. The number of ether oxygens (including phenoxy) is 2. The number of esters is 1. The number of hydrogen-bond donors (Lipinski definition) is 0. The fraction of sp³-hybridized carbons (Fsp3) is 0.419. The van der Waals surface area contributed by atoms with Gasteiger partial charge in [-0.3, -0.25) is 14.7 Å². The molecule has 0 fully saturated rings. The Morgan fingerprint density at radius 1 is 1.18 bits per heavy atom. The summed E-state index contributed by atoms with van der Waals surface area (Å²) in [4.78, 5) is 19.8. The Morgan fingerprint density at radius 3 is 2.82 bits per heavy atom. The van der Waals surface area contributed by atoms with Gasteiger partial charge in [-0.15, -0.1) is 5.10 Å². The van der Waals surface area contributed by atoms with Gasteiger partial charge in [-0.1, -0.05) is 36.4 Å². The smallest absolute Gasteiger partial charge is 0.306 e. The molecule has 0 unspecified atom stereocenters. The van der Waals surface area contributed by atoms with Crippen molar-refractivity contribution in [2.24, 2.45) is 7.05 Å². The molecule has 8 heteroatoms. The Labute approximate surface area is 229 Å². The van der Waals surface area contributed by atoms with Crippen molar-refractivity contribution in [1.82, 2.24) is 24.9 Å². The van der Waals surface area contributed by atoms with Crippen LogP contribution in [-0.4, -0.2) is 50.1 Å². The van der Waals surface area contributed by atoms with E-state index >= 15 is 0 Å². The molecule has 2 atom stereocenters. The second-order valence-electron chi connectivity index (χ2n) is 10.4. The van der Waals surface area contributed by atoms with Gasteiger partial charge in [0.1, 0.15) is 17.4 Å². The first kappa shape index (κ1) is 26.8. The quantitative estimate of drug-likeness (QED) is 0.290. The number of benzene rings is 2. The summed E-state index contributed by atoms with van der Waals surface area (Å²) in [6.45, 7) is 10.9. The van der Waals surface area contributed by atoms with Gasteiger partial charge < -0.3 is 9.47 Å². The molecular formula is C31H37N5O3. The maximum absolute atomic E-state index is 12.8. The largest absolute Gasteiger partial charge is 0.487 e. The van der Waals surface area contributed by atoms with Crippen LogP contribution in [0.4, 0.5) is 0 Å². The molecular weight excluding hydrogens is 490 g/mol. The van der Waals surface area contributed by atoms with Crippen LogP contribution in [0.5, 0.6) is 5.75 Å². The van der Waals surface area contributed by atoms with E-state index in [0.717, 1.165) is 65.2 Å². The summed E-state index contributed by atoms with van der Waals surface area (Å²) in [5.74, 6) is 0.510. The normalized spacial score (nSPS) is 16.4. The van der Waals surface area contributed by atoms with Crippen molar-refractivity contribution in [3.05, 3.63) is 82.2 Å². The van der Waals surface area contributed by atoms with Crippen LogP contribution in [0.25, 0.3) is 11.0 Å². The average molecular weight is 528 g/mol. The number of aryl methyl sites for hydroxylation is 3. The van der Waals surface area contributed by atoms with Crippen LogP contribution in [-0.2, 0) is 29.7 Å². The summed E-state index contributed by atoms with van der Waals surface area (Å²) in [6, 6.07) is 14.6. The number of carbonyl (C=O) groups excluding carboxylic acids is 1. The highest BCUT2D eigenvalue weighted by Gasteiger charge is 2.26. The van der Waals surface area contributed by atoms with Gasteiger partial charge in [0.25, 0.3) is 0 Å².